The number of aliphatic hydroxyl groups excluding tert-OH is 1. The predicted octanol–water partition coefficient (Wildman–Crippen LogP) is 3.69. The van der Waals surface area contributed by atoms with E-state index in [1.54, 1.807) is 0 Å². The maximum absolute atomic E-state index is 14.1. The minimum atomic E-state index is -4.79. The highest BCUT2D eigenvalue weighted by Crippen LogP contribution is 2.48. The van der Waals surface area contributed by atoms with Crippen LogP contribution in [0.2, 0.25) is 0 Å². The van der Waals surface area contributed by atoms with Gasteiger partial charge < -0.3 is 20.2 Å². The third-order valence-corrected chi connectivity index (χ3v) is 9.47. The Morgan fingerprint density at radius 2 is 1.94 bits per heavy atom. The molecule has 4 aromatic rings. The number of carbonyl (C=O) groups excluding carboxylic acids is 2. The van der Waals surface area contributed by atoms with E-state index in [9.17, 15) is 36.6 Å². The van der Waals surface area contributed by atoms with Crippen LogP contribution in [0.25, 0.3) is 5.65 Å². The highest BCUT2D eigenvalue weighted by Gasteiger charge is 2.60. The smallest absolute Gasteiger partial charge is 0.408 e. The van der Waals surface area contributed by atoms with Crippen molar-refractivity contribution in [3.05, 3.63) is 52.9 Å². The van der Waals surface area contributed by atoms with Crippen LogP contribution < -0.4 is 10.6 Å². The molecule has 19 heteroatoms. The van der Waals surface area contributed by atoms with Gasteiger partial charge in [0.1, 0.15) is 17.8 Å². The molecule has 3 aliphatic rings. The molecule has 2 aliphatic carbocycles. The lowest BCUT2D eigenvalue weighted by molar-refractivity contribution is -0.155. The number of hydrogen-bond acceptors (Lipinski definition) is 11. The second kappa shape index (κ2) is 11.6. The van der Waals surface area contributed by atoms with Crippen LogP contribution >= 0.6 is 0 Å². The first kappa shape index (κ1) is 32.0. The summed E-state index contributed by atoms with van der Waals surface area (Å²) >= 11 is 0. The third-order valence-electron chi connectivity index (χ3n) is 9.47. The number of halogens is 5. The highest BCUT2D eigenvalue weighted by molar-refractivity contribution is 5.93. The molecule has 5 heterocycles. The number of alkyl halides is 5. The molecule has 256 valence electrons. The molecule has 3 N–H and O–H groups in total. The van der Waals surface area contributed by atoms with Gasteiger partial charge in [0.15, 0.2) is 11.3 Å². The van der Waals surface area contributed by atoms with E-state index in [-0.39, 0.29) is 54.4 Å². The second-order valence-corrected chi connectivity index (χ2v) is 12.9. The van der Waals surface area contributed by atoms with Crippen molar-refractivity contribution in [2.24, 2.45) is 11.3 Å². The van der Waals surface area contributed by atoms with Crippen LogP contribution in [0.15, 0.2) is 27.5 Å². The third kappa shape index (κ3) is 5.99. The van der Waals surface area contributed by atoms with Crippen molar-refractivity contribution in [2.75, 3.05) is 0 Å². The van der Waals surface area contributed by atoms with Crippen LogP contribution in [-0.4, -0.2) is 70.2 Å². The Labute approximate surface area is 267 Å². The molecular weight excluding hydrogens is 649 g/mol. The van der Waals surface area contributed by atoms with E-state index >= 15 is 0 Å². The molecule has 2 amide bonds. The number of nitrogens with zero attached hydrogens (tertiary/aromatic N) is 7. The van der Waals surface area contributed by atoms with Crippen molar-refractivity contribution < 1.29 is 45.7 Å². The summed E-state index contributed by atoms with van der Waals surface area (Å²) in [7, 11) is 0. The monoisotopic (exact) mass is 679 g/mol. The lowest BCUT2D eigenvalue weighted by atomic mass is 9.74. The largest absolute Gasteiger partial charge is 0.423 e. The molecule has 0 unspecified atom stereocenters. The molecule has 14 nitrogen and oxygen atoms in total. The van der Waals surface area contributed by atoms with Gasteiger partial charge in [0.2, 0.25) is 23.6 Å². The lowest BCUT2D eigenvalue weighted by Crippen LogP contribution is -2.40. The van der Waals surface area contributed by atoms with E-state index in [0.29, 0.717) is 11.4 Å². The van der Waals surface area contributed by atoms with Gasteiger partial charge in [-0.05, 0) is 61.2 Å². The predicted molar refractivity (Wildman–Crippen MR) is 149 cm³/mol. The van der Waals surface area contributed by atoms with Crippen LogP contribution in [0.4, 0.5) is 22.0 Å². The summed E-state index contributed by atoms with van der Waals surface area (Å²) in [5, 5.41) is 35.4. The van der Waals surface area contributed by atoms with Crippen molar-refractivity contribution in [3.63, 3.8) is 0 Å². The first-order valence-corrected chi connectivity index (χ1v) is 15.4. The normalized spacial score (nSPS) is 24.5. The Hall–Kier alpha value is -4.55. The fourth-order valence-electron chi connectivity index (χ4n) is 6.71. The maximum Gasteiger partial charge on any atom is 0.408 e. The zero-order valence-electron chi connectivity index (χ0n) is 25.4. The van der Waals surface area contributed by atoms with Crippen molar-refractivity contribution in [3.8, 4) is 0 Å². The molecule has 1 saturated heterocycles. The molecule has 3 fully saturated rings. The van der Waals surface area contributed by atoms with Gasteiger partial charge in [0, 0.05) is 25.7 Å². The van der Waals surface area contributed by atoms with Gasteiger partial charge in [-0.1, -0.05) is 5.16 Å². The summed E-state index contributed by atoms with van der Waals surface area (Å²) in [6.07, 6.45) is -3.92. The van der Waals surface area contributed by atoms with E-state index in [1.165, 1.54) is 29.9 Å². The van der Waals surface area contributed by atoms with E-state index < -0.39 is 72.2 Å². The quantitative estimate of drug-likeness (QED) is 0.219. The summed E-state index contributed by atoms with van der Waals surface area (Å²) < 4.78 is 80.9. The Kier molecular flexibility index (Phi) is 7.71. The number of nitrogens with one attached hydrogen (secondary N) is 2. The average molecular weight is 680 g/mol. The molecule has 0 radical (unpaired) electrons. The molecule has 4 atom stereocenters. The zero-order valence-corrected chi connectivity index (χ0v) is 25.4. The Balaban J connectivity index is 1.20. The Bertz CT molecular complexity index is 1840. The number of hydrogen-bond donors (Lipinski definition) is 3. The fourth-order valence-corrected chi connectivity index (χ4v) is 6.71. The molecule has 0 bridgehead atoms. The van der Waals surface area contributed by atoms with Gasteiger partial charge in [-0.2, -0.15) is 18.3 Å². The van der Waals surface area contributed by atoms with Crippen molar-refractivity contribution >= 4 is 17.5 Å². The van der Waals surface area contributed by atoms with Gasteiger partial charge in [0.05, 0.1) is 29.5 Å². The number of amides is 2. The van der Waals surface area contributed by atoms with Gasteiger partial charge in [-0.15, -0.1) is 10.2 Å². The van der Waals surface area contributed by atoms with Crippen molar-refractivity contribution in [2.45, 2.75) is 94.5 Å². The minimum absolute atomic E-state index is 0.0140. The molecule has 0 aromatic carbocycles. The van der Waals surface area contributed by atoms with Crippen LogP contribution in [0.5, 0.6) is 0 Å². The number of fused-ring (bicyclic) bond motifs is 1. The molecule has 1 aliphatic heterocycles. The van der Waals surface area contributed by atoms with Gasteiger partial charge >= 0.3 is 6.18 Å². The molecule has 48 heavy (non-hydrogen) atoms. The van der Waals surface area contributed by atoms with Crippen molar-refractivity contribution in [1.82, 2.24) is 45.7 Å². The summed E-state index contributed by atoms with van der Waals surface area (Å²) in [5.41, 5.74) is -0.844. The summed E-state index contributed by atoms with van der Waals surface area (Å²) in [5.74, 6) is -5.20. The van der Waals surface area contributed by atoms with Crippen LogP contribution in [-0.2, 0) is 11.2 Å². The van der Waals surface area contributed by atoms with Gasteiger partial charge in [-0.25, -0.2) is 22.9 Å². The SMILES string of the molecule is Cc1nnc([C@@H](O)[C@]2(Cc3cnn4cc([C@@H](NC(=O)c5nonc5C5CC5)C5CCC(F)(F)CC5)nc4c3)C[C@@H](C(F)(F)F)NC2=O)o1. The first-order chi connectivity index (χ1) is 22.7. The van der Waals surface area contributed by atoms with Gasteiger partial charge in [-0.3, -0.25) is 9.59 Å². The zero-order chi connectivity index (χ0) is 34.0. The van der Waals surface area contributed by atoms with E-state index in [2.05, 4.69) is 35.9 Å². The van der Waals surface area contributed by atoms with E-state index in [1.807, 2.05) is 5.32 Å². The number of carbonyl (C=O) groups is 2. The number of aliphatic hydroxyl groups is 1. The topological polar surface area (TPSA) is 186 Å². The molecule has 0 spiro atoms. The standard InChI is InChI=1S/C29H30F5N9O5/c1-13-39-40-25(47-13)23(44)27(10-18(29(32,33)34)37-26(27)46)9-14-8-19-36-17(12-43(19)35-11-14)20(16-4-6-28(30,31)7-5-16)38-24(45)22-21(15-2-3-15)41-48-42-22/h8,11-12,15-16,18,20,23,44H,2-7,9-10H2,1H3,(H,37,46)(H,38,45)/t18-,20-,23+,27-/m0/s1. The van der Waals surface area contributed by atoms with Crippen LogP contribution in [0.3, 0.4) is 0 Å². The molecule has 4 aromatic heterocycles. The fraction of sp³-hybridized carbons (Fsp3) is 0.586. The number of aryl methyl sites for hydroxylation is 1. The summed E-state index contributed by atoms with van der Waals surface area (Å²) in [6.45, 7) is 1.43. The number of aromatic nitrogens is 7. The molecule has 2 saturated carbocycles. The number of imidazole rings is 1. The first-order valence-electron chi connectivity index (χ1n) is 15.4. The van der Waals surface area contributed by atoms with E-state index in [0.717, 1.165) is 12.8 Å². The van der Waals surface area contributed by atoms with Crippen molar-refractivity contribution in [1.29, 1.82) is 0 Å². The average Bonchev–Trinajstić information content (AvgIpc) is 3.36. The number of rotatable bonds is 9. The van der Waals surface area contributed by atoms with Crippen LogP contribution in [0.1, 0.15) is 102 Å². The summed E-state index contributed by atoms with van der Waals surface area (Å²) in [6, 6.07) is -1.57. The van der Waals surface area contributed by atoms with E-state index in [4.69, 9.17) is 9.05 Å². The van der Waals surface area contributed by atoms with Gasteiger partial charge in [0.25, 0.3) is 5.91 Å². The Morgan fingerprint density at radius 3 is 2.58 bits per heavy atom. The minimum Gasteiger partial charge on any atom is -0.423 e. The highest BCUT2D eigenvalue weighted by atomic mass is 19.4. The molecular formula is C29H30F5N9O5. The lowest BCUT2D eigenvalue weighted by Gasteiger charge is -2.33. The maximum atomic E-state index is 14.1. The Morgan fingerprint density at radius 1 is 1.19 bits per heavy atom. The summed E-state index contributed by atoms with van der Waals surface area (Å²) in [4.78, 5) is 31.2. The van der Waals surface area contributed by atoms with Crippen LogP contribution in [0, 0.1) is 18.3 Å². The molecule has 7 rings (SSSR count). The second-order valence-electron chi connectivity index (χ2n) is 12.9.